The highest BCUT2D eigenvalue weighted by molar-refractivity contribution is 5.90. The SMILES string of the molecule is CCCCCCCCCCOC(=O)C1=CCC(C(=O)OCCCCCCCCCC)C1. The van der Waals surface area contributed by atoms with Gasteiger partial charge in [0.2, 0.25) is 0 Å². The Labute approximate surface area is 191 Å². The van der Waals surface area contributed by atoms with E-state index in [9.17, 15) is 9.59 Å². The molecular formula is C27H48O4. The molecule has 1 rings (SSSR count). The van der Waals surface area contributed by atoms with Crippen molar-refractivity contribution in [1.82, 2.24) is 0 Å². The molecule has 4 nitrogen and oxygen atoms in total. The standard InChI is InChI=1S/C27H48O4/c1-3-5-7-9-11-13-15-17-21-30-26(28)24-19-20-25(23-24)27(29)31-22-18-16-14-12-10-8-6-4-2/h19,25H,3-18,20-23H2,1-2H3. The first-order valence-electron chi connectivity index (χ1n) is 13.2. The number of rotatable bonds is 20. The van der Waals surface area contributed by atoms with Crippen molar-refractivity contribution in [3.05, 3.63) is 11.6 Å². The Balaban J connectivity index is 1.99. The number of unbranched alkanes of at least 4 members (excludes halogenated alkanes) is 14. The number of carbonyl (C=O) groups is 2. The topological polar surface area (TPSA) is 52.6 Å². The van der Waals surface area contributed by atoms with Crippen LogP contribution in [0.15, 0.2) is 11.6 Å². The molecule has 1 aliphatic carbocycles. The molecule has 1 unspecified atom stereocenters. The van der Waals surface area contributed by atoms with Gasteiger partial charge in [-0.3, -0.25) is 4.79 Å². The average Bonchev–Trinajstić information content (AvgIpc) is 3.27. The van der Waals surface area contributed by atoms with Crippen molar-refractivity contribution < 1.29 is 19.1 Å². The number of hydrogen-bond acceptors (Lipinski definition) is 4. The van der Waals surface area contributed by atoms with Crippen molar-refractivity contribution in [2.75, 3.05) is 13.2 Å². The van der Waals surface area contributed by atoms with Gasteiger partial charge in [0.15, 0.2) is 0 Å². The molecule has 1 atom stereocenters. The van der Waals surface area contributed by atoms with E-state index in [1.165, 1.54) is 77.0 Å². The summed E-state index contributed by atoms with van der Waals surface area (Å²) in [5, 5.41) is 0. The van der Waals surface area contributed by atoms with E-state index in [-0.39, 0.29) is 17.9 Å². The summed E-state index contributed by atoms with van der Waals surface area (Å²) in [6.07, 6.45) is 22.6. The van der Waals surface area contributed by atoms with Crippen molar-refractivity contribution in [2.24, 2.45) is 5.92 Å². The Bertz CT molecular complexity index is 497. The number of allylic oxidation sites excluding steroid dienone is 1. The monoisotopic (exact) mass is 436 g/mol. The van der Waals surface area contributed by atoms with Crippen molar-refractivity contribution in [3.63, 3.8) is 0 Å². The second kappa shape index (κ2) is 19.4. The highest BCUT2D eigenvalue weighted by atomic mass is 16.5. The van der Waals surface area contributed by atoms with Gasteiger partial charge in [-0.15, -0.1) is 0 Å². The summed E-state index contributed by atoms with van der Waals surface area (Å²) in [6.45, 7) is 5.45. The third-order valence-corrected chi connectivity index (χ3v) is 6.18. The number of hydrogen-bond donors (Lipinski definition) is 0. The van der Waals surface area contributed by atoms with Gasteiger partial charge < -0.3 is 9.47 Å². The Kier molecular flexibility index (Phi) is 17.3. The normalized spacial score (nSPS) is 15.7. The fourth-order valence-electron chi connectivity index (χ4n) is 4.08. The van der Waals surface area contributed by atoms with Crippen LogP contribution in [0, 0.1) is 5.92 Å². The van der Waals surface area contributed by atoms with Crippen molar-refractivity contribution in [1.29, 1.82) is 0 Å². The molecule has 0 saturated carbocycles. The molecule has 31 heavy (non-hydrogen) atoms. The van der Waals surface area contributed by atoms with E-state index in [0.717, 1.165) is 25.7 Å². The van der Waals surface area contributed by atoms with Crippen LogP contribution in [0.3, 0.4) is 0 Å². The van der Waals surface area contributed by atoms with Crippen LogP contribution in [-0.2, 0) is 19.1 Å². The number of esters is 2. The van der Waals surface area contributed by atoms with Gasteiger partial charge in [-0.25, -0.2) is 4.79 Å². The molecule has 0 spiro atoms. The zero-order chi connectivity index (χ0) is 22.6. The summed E-state index contributed by atoms with van der Waals surface area (Å²) in [7, 11) is 0. The van der Waals surface area contributed by atoms with Crippen molar-refractivity contribution in [3.8, 4) is 0 Å². The van der Waals surface area contributed by atoms with Crippen LogP contribution < -0.4 is 0 Å². The predicted molar refractivity (Wildman–Crippen MR) is 128 cm³/mol. The zero-order valence-corrected chi connectivity index (χ0v) is 20.4. The molecule has 0 aromatic heterocycles. The third-order valence-electron chi connectivity index (χ3n) is 6.18. The van der Waals surface area contributed by atoms with Gasteiger partial charge in [0.1, 0.15) is 0 Å². The summed E-state index contributed by atoms with van der Waals surface area (Å²) < 4.78 is 10.8. The maximum Gasteiger partial charge on any atom is 0.333 e. The summed E-state index contributed by atoms with van der Waals surface area (Å²) in [6, 6.07) is 0. The first kappa shape index (κ1) is 27.7. The van der Waals surface area contributed by atoms with Gasteiger partial charge in [-0.05, 0) is 25.7 Å². The molecule has 0 N–H and O–H groups in total. The lowest BCUT2D eigenvalue weighted by Crippen LogP contribution is -2.17. The second-order valence-corrected chi connectivity index (χ2v) is 9.12. The van der Waals surface area contributed by atoms with Gasteiger partial charge >= 0.3 is 11.9 Å². The maximum absolute atomic E-state index is 12.2. The molecule has 0 amide bonds. The van der Waals surface area contributed by atoms with E-state index in [0.29, 0.717) is 31.6 Å². The molecule has 180 valence electrons. The minimum Gasteiger partial charge on any atom is -0.465 e. The Morgan fingerprint density at radius 1 is 0.710 bits per heavy atom. The molecule has 0 bridgehead atoms. The minimum absolute atomic E-state index is 0.162. The van der Waals surface area contributed by atoms with Gasteiger partial charge in [0.05, 0.1) is 19.1 Å². The van der Waals surface area contributed by atoms with Crippen LogP contribution in [-0.4, -0.2) is 25.2 Å². The van der Waals surface area contributed by atoms with Crippen LogP contribution in [0.25, 0.3) is 0 Å². The van der Waals surface area contributed by atoms with E-state index in [1.807, 2.05) is 6.08 Å². The molecule has 0 aromatic rings. The van der Waals surface area contributed by atoms with Crippen LogP contribution in [0.1, 0.15) is 129 Å². The summed E-state index contributed by atoms with van der Waals surface area (Å²) >= 11 is 0. The number of carbonyl (C=O) groups excluding carboxylic acids is 2. The molecule has 0 fully saturated rings. The molecule has 0 saturated heterocycles. The largest absolute Gasteiger partial charge is 0.465 e. The summed E-state index contributed by atoms with van der Waals surface area (Å²) in [5.74, 6) is -0.619. The van der Waals surface area contributed by atoms with E-state index in [1.54, 1.807) is 0 Å². The zero-order valence-electron chi connectivity index (χ0n) is 20.4. The first-order valence-corrected chi connectivity index (χ1v) is 13.2. The molecule has 0 heterocycles. The van der Waals surface area contributed by atoms with E-state index >= 15 is 0 Å². The fourth-order valence-corrected chi connectivity index (χ4v) is 4.08. The smallest absolute Gasteiger partial charge is 0.333 e. The van der Waals surface area contributed by atoms with E-state index in [2.05, 4.69) is 13.8 Å². The third kappa shape index (κ3) is 14.4. The van der Waals surface area contributed by atoms with Crippen LogP contribution in [0.5, 0.6) is 0 Å². The second-order valence-electron chi connectivity index (χ2n) is 9.12. The van der Waals surface area contributed by atoms with Crippen LogP contribution in [0.4, 0.5) is 0 Å². The van der Waals surface area contributed by atoms with Crippen molar-refractivity contribution in [2.45, 2.75) is 129 Å². The van der Waals surface area contributed by atoms with Gasteiger partial charge in [0.25, 0.3) is 0 Å². The molecule has 0 radical (unpaired) electrons. The highest BCUT2D eigenvalue weighted by Gasteiger charge is 2.29. The van der Waals surface area contributed by atoms with Crippen LogP contribution in [0.2, 0.25) is 0 Å². The van der Waals surface area contributed by atoms with Gasteiger partial charge in [-0.2, -0.15) is 0 Å². The summed E-state index contributed by atoms with van der Waals surface area (Å²) in [4.78, 5) is 24.4. The van der Waals surface area contributed by atoms with E-state index in [4.69, 9.17) is 9.47 Å². The van der Waals surface area contributed by atoms with Crippen LogP contribution >= 0.6 is 0 Å². The Hall–Kier alpha value is -1.32. The Morgan fingerprint density at radius 2 is 1.16 bits per heavy atom. The average molecular weight is 437 g/mol. The molecule has 1 aliphatic rings. The molecule has 0 aromatic carbocycles. The molecular weight excluding hydrogens is 388 g/mol. The predicted octanol–water partition coefficient (Wildman–Crippen LogP) is 7.69. The van der Waals surface area contributed by atoms with Gasteiger partial charge in [-0.1, -0.05) is 110 Å². The maximum atomic E-state index is 12.2. The molecule has 0 aliphatic heterocycles. The summed E-state index contributed by atoms with van der Waals surface area (Å²) in [5.41, 5.74) is 0.647. The quantitative estimate of drug-likeness (QED) is 0.145. The van der Waals surface area contributed by atoms with E-state index < -0.39 is 0 Å². The highest BCUT2D eigenvalue weighted by Crippen LogP contribution is 2.27. The number of ether oxygens (including phenoxy) is 2. The lowest BCUT2D eigenvalue weighted by molar-refractivity contribution is -0.148. The van der Waals surface area contributed by atoms with Crippen molar-refractivity contribution >= 4 is 11.9 Å². The fraction of sp³-hybridized carbons (Fsp3) is 0.852. The minimum atomic E-state index is -0.249. The lowest BCUT2D eigenvalue weighted by atomic mass is 10.1. The lowest BCUT2D eigenvalue weighted by Gasteiger charge is -2.11. The van der Waals surface area contributed by atoms with Gasteiger partial charge in [0, 0.05) is 5.57 Å². The molecule has 4 heteroatoms. The first-order chi connectivity index (χ1) is 15.2. The Morgan fingerprint density at radius 3 is 1.68 bits per heavy atom.